The van der Waals surface area contributed by atoms with Gasteiger partial charge in [0.25, 0.3) is 5.91 Å². The van der Waals surface area contributed by atoms with Crippen LogP contribution in [0.25, 0.3) is 10.2 Å². The van der Waals surface area contributed by atoms with Crippen LogP contribution in [0, 0.1) is 5.82 Å². The number of nitrogens with zero attached hydrogens (tertiary/aromatic N) is 2. The Labute approximate surface area is 201 Å². The number of halogens is 4. The number of rotatable bonds is 5. The van der Waals surface area contributed by atoms with Crippen molar-refractivity contribution in [1.29, 1.82) is 0 Å². The molecule has 5 nitrogen and oxygen atoms in total. The first-order chi connectivity index (χ1) is 16.6. The number of fused-ring (bicyclic) bond motifs is 1. The standard InChI is InChI=1S/C25H19F4N3O2S/c1-15(22(33)30-14-16-7-6-8-17(13-16)25(27,28)29)32-20-11-4-5-12-21(20)35-24(32)31-23(34)18-9-2-3-10-19(18)26/h2-13,15H,14H2,1H3,(H,30,33)/t15-/m1/s1. The second-order valence-electron chi connectivity index (χ2n) is 7.71. The molecule has 35 heavy (non-hydrogen) atoms. The third kappa shape index (κ3) is 5.32. The lowest BCUT2D eigenvalue weighted by Gasteiger charge is -2.16. The topological polar surface area (TPSA) is 63.5 Å². The third-order valence-electron chi connectivity index (χ3n) is 5.32. The number of nitrogens with one attached hydrogen (secondary N) is 1. The molecule has 3 aromatic carbocycles. The normalized spacial score (nSPS) is 13.1. The van der Waals surface area contributed by atoms with Crippen LogP contribution in [0.2, 0.25) is 0 Å². The largest absolute Gasteiger partial charge is 0.416 e. The van der Waals surface area contributed by atoms with Gasteiger partial charge < -0.3 is 9.88 Å². The average molecular weight is 502 g/mol. The fourth-order valence-corrected chi connectivity index (χ4v) is 4.64. The summed E-state index contributed by atoms with van der Waals surface area (Å²) >= 11 is 1.17. The maximum absolute atomic E-state index is 14.1. The highest BCUT2D eigenvalue weighted by Crippen LogP contribution is 2.29. The second kappa shape index (κ2) is 9.83. The van der Waals surface area contributed by atoms with E-state index in [0.29, 0.717) is 11.1 Å². The van der Waals surface area contributed by atoms with Crippen LogP contribution in [0.4, 0.5) is 17.6 Å². The van der Waals surface area contributed by atoms with Gasteiger partial charge in [-0.15, -0.1) is 0 Å². The summed E-state index contributed by atoms with van der Waals surface area (Å²) < 4.78 is 55.3. The highest BCUT2D eigenvalue weighted by molar-refractivity contribution is 7.16. The maximum Gasteiger partial charge on any atom is 0.416 e. The van der Waals surface area contributed by atoms with Gasteiger partial charge in [-0.05, 0) is 48.9 Å². The molecule has 0 aliphatic carbocycles. The van der Waals surface area contributed by atoms with Crippen molar-refractivity contribution in [2.75, 3.05) is 0 Å². The zero-order chi connectivity index (χ0) is 25.2. The van der Waals surface area contributed by atoms with Crippen molar-refractivity contribution >= 4 is 33.4 Å². The van der Waals surface area contributed by atoms with Crippen LogP contribution in [-0.2, 0) is 17.5 Å². The van der Waals surface area contributed by atoms with Crippen LogP contribution < -0.4 is 10.1 Å². The van der Waals surface area contributed by atoms with Crippen LogP contribution in [0.15, 0.2) is 77.8 Å². The van der Waals surface area contributed by atoms with E-state index in [0.717, 1.165) is 22.9 Å². The van der Waals surface area contributed by atoms with Gasteiger partial charge in [0.1, 0.15) is 11.9 Å². The van der Waals surface area contributed by atoms with E-state index in [-0.39, 0.29) is 16.9 Å². The van der Waals surface area contributed by atoms with Gasteiger partial charge in [-0.1, -0.05) is 47.7 Å². The smallest absolute Gasteiger partial charge is 0.350 e. The number of para-hydroxylation sites is 1. The Morgan fingerprint density at radius 1 is 1.03 bits per heavy atom. The number of alkyl halides is 3. The van der Waals surface area contributed by atoms with Crippen molar-refractivity contribution in [3.05, 3.63) is 100 Å². The summed E-state index contributed by atoms with van der Waals surface area (Å²) in [5.41, 5.74) is -0.0686. The van der Waals surface area contributed by atoms with E-state index in [1.54, 1.807) is 35.8 Å². The van der Waals surface area contributed by atoms with Gasteiger partial charge in [0, 0.05) is 6.54 Å². The Hall–Kier alpha value is -3.79. The highest BCUT2D eigenvalue weighted by Gasteiger charge is 2.30. The molecule has 1 N–H and O–H groups in total. The Morgan fingerprint density at radius 3 is 2.49 bits per heavy atom. The molecule has 0 bridgehead atoms. The molecule has 0 aliphatic rings. The molecule has 0 aliphatic heterocycles. The molecule has 1 aromatic heterocycles. The molecule has 1 atom stereocenters. The van der Waals surface area contributed by atoms with Crippen molar-refractivity contribution in [1.82, 2.24) is 9.88 Å². The summed E-state index contributed by atoms with van der Waals surface area (Å²) in [6.45, 7) is 1.48. The minimum atomic E-state index is -4.49. The Morgan fingerprint density at radius 2 is 1.74 bits per heavy atom. The minimum Gasteiger partial charge on any atom is -0.350 e. The van der Waals surface area contributed by atoms with Crippen LogP contribution in [0.5, 0.6) is 0 Å². The fourth-order valence-electron chi connectivity index (χ4n) is 3.54. The summed E-state index contributed by atoms with van der Waals surface area (Å²) in [6, 6.07) is 16.4. The van der Waals surface area contributed by atoms with Gasteiger partial charge in [-0.25, -0.2) is 4.39 Å². The molecule has 0 fully saturated rings. The zero-order valence-corrected chi connectivity index (χ0v) is 19.2. The van der Waals surface area contributed by atoms with Gasteiger partial charge in [0.2, 0.25) is 5.91 Å². The van der Waals surface area contributed by atoms with Gasteiger partial charge >= 0.3 is 6.18 Å². The second-order valence-corrected chi connectivity index (χ2v) is 8.72. The molecule has 180 valence electrons. The van der Waals surface area contributed by atoms with Crippen molar-refractivity contribution < 1.29 is 27.2 Å². The highest BCUT2D eigenvalue weighted by atomic mass is 32.1. The van der Waals surface area contributed by atoms with Gasteiger partial charge in [0.05, 0.1) is 21.3 Å². The van der Waals surface area contributed by atoms with E-state index in [1.165, 1.54) is 41.7 Å². The van der Waals surface area contributed by atoms with E-state index in [9.17, 15) is 27.2 Å². The first-order valence-electron chi connectivity index (χ1n) is 10.5. The quantitative estimate of drug-likeness (QED) is 0.368. The predicted octanol–water partition coefficient (Wildman–Crippen LogP) is 5.48. The molecule has 4 aromatic rings. The number of hydrogen-bond donors (Lipinski definition) is 1. The lowest BCUT2D eigenvalue weighted by Crippen LogP contribution is -2.34. The average Bonchev–Trinajstić information content (AvgIpc) is 3.19. The molecule has 0 saturated carbocycles. The Bertz CT molecular complexity index is 1470. The molecule has 0 unspecified atom stereocenters. The monoisotopic (exact) mass is 501 g/mol. The molecular weight excluding hydrogens is 482 g/mol. The lowest BCUT2D eigenvalue weighted by atomic mass is 10.1. The molecule has 2 amide bonds. The van der Waals surface area contributed by atoms with Crippen molar-refractivity contribution in [3.63, 3.8) is 0 Å². The summed E-state index contributed by atoms with van der Waals surface area (Å²) in [7, 11) is 0. The molecule has 4 rings (SSSR count). The van der Waals surface area contributed by atoms with Crippen LogP contribution >= 0.6 is 11.3 Å². The van der Waals surface area contributed by atoms with E-state index in [4.69, 9.17) is 0 Å². The van der Waals surface area contributed by atoms with E-state index in [2.05, 4.69) is 10.3 Å². The van der Waals surface area contributed by atoms with E-state index < -0.39 is 35.4 Å². The van der Waals surface area contributed by atoms with Gasteiger partial charge in [-0.3, -0.25) is 9.59 Å². The Kier molecular flexibility index (Phi) is 6.83. The summed E-state index contributed by atoms with van der Waals surface area (Å²) in [6.07, 6.45) is -4.49. The Balaban J connectivity index is 1.64. The molecular formula is C25H19F4N3O2S. The molecule has 0 radical (unpaired) electrons. The lowest BCUT2D eigenvalue weighted by molar-refractivity contribution is -0.137. The molecule has 0 spiro atoms. The zero-order valence-electron chi connectivity index (χ0n) is 18.3. The summed E-state index contributed by atoms with van der Waals surface area (Å²) in [4.78, 5) is 29.9. The first kappa shape index (κ1) is 24.3. The number of carbonyl (C=O) groups is 2. The molecule has 10 heteroatoms. The fraction of sp³-hybridized carbons (Fsp3) is 0.160. The van der Waals surface area contributed by atoms with Gasteiger partial charge in [-0.2, -0.15) is 18.2 Å². The van der Waals surface area contributed by atoms with Crippen molar-refractivity contribution in [2.45, 2.75) is 25.7 Å². The number of carbonyl (C=O) groups excluding carboxylic acids is 2. The first-order valence-corrected chi connectivity index (χ1v) is 11.3. The maximum atomic E-state index is 14.1. The summed E-state index contributed by atoms with van der Waals surface area (Å²) in [5.74, 6) is -1.98. The van der Waals surface area contributed by atoms with Crippen molar-refractivity contribution in [2.24, 2.45) is 4.99 Å². The SMILES string of the molecule is C[C@H](C(=O)NCc1cccc(C(F)(F)F)c1)n1c(=NC(=O)c2ccccc2F)sc2ccccc21. The number of aromatic nitrogens is 1. The number of thiazole rings is 1. The van der Waals surface area contributed by atoms with Gasteiger partial charge in [0.15, 0.2) is 4.80 Å². The number of amides is 2. The van der Waals surface area contributed by atoms with Crippen LogP contribution in [-0.4, -0.2) is 16.4 Å². The summed E-state index contributed by atoms with van der Waals surface area (Å²) in [5, 5.41) is 2.64. The van der Waals surface area contributed by atoms with Crippen LogP contribution in [0.1, 0.15) is 34.5 Å². The number of hydrogen-bond acceptors (Lipinski definition) is 3. The number of benzene rings is 3. The van der Waals surface area contributed by atoms with Crippen molar-refractivity contribution in [3.8, 4) is 0 Å². The minimum absolute atomic E-state index is 0.115. The molecule has 0 saturated heterocycles. The van der Waals surface area contributed by atoms with Crippen LogP contribution in [0.3, 0.4) is 0 Å². The van der Waals surface area contributed by atoms with E-state index >= 15 is 0 Å². The third-order valence-corrected chi connectivity index (χ3v) is 6.36. The predicted molar refractivity (Wildman–Crippen MR) is 124 cm³/mol. The van der Waals surface area contributed by atoms with E-state index in [1.807, 2.05) is 0 Å². The molecule has 1 heterocycles.